The predicted octanol–water partition coefficient (Wildman–Crippen LogP) is 5.38. The molecule has 10 heteroatoms. The molecule has 0 radical (unpaired) electrons. The summed E-state index contributed by atoms with van der Waals surface area (Å²) >= 11 is 6.11. The largest absolute Gasteiger partial charge is 0.416 e. The Labute approximate surface area is 168 Å². The van der Waals surface area contributed by atoms with Gasteiger partial charge in [-0.1, -0.05) is 29.8 Å². The van der Waals surface area contributed by atoms with Gasteiger partial charge in [-0.3, -0.25) is 5.10 Å². The molecule has 2 heterocycles. The summed E-state index contributed by atoms with van der Waals surface area (Å²) < 4.78 is 39.5. The van der Waals surface area contributed by atoms with Gasteiger partial charge in [0, 0.05) is 17.6 Å². The first-order valence-corrected chi connectivity index (χ1v) is 8.89. The fourth-order valence-electron chi connectivity index (χ4n) is 2.83. The average Bonchev–Trinajstić information content (AvgIpc) is 3.16. The summed E-state index contributed by atoms with van der Waals surface area (Å²) in [6, 6.07) is 10.9. The molecule has 0 amide bonds. The molecule has 0 aliphatic rings. The van der Waals surface area contributed by atoms with Crippen molar-refractivity contribution in [2.24, 2.45) is 0 Å². The molecule has 2 aromatic carbocycles. The number of nitrogens with zero attached hydrogens (tertiary/aromatic N) is 3. The standard InChI is InChI=1S/C19H14ClF3N6/c20-15-10-25-18(27-13-6-5-12-9-26-29-16(12)7-13)28-17(15)24-8-11-3-1-2-4-14(11)19(21,22)23/h1-7,9-10H,8H2,(H,26,29)(H2,24,25,27,28). The fourth-order valence-corrected chi connectivity index (χ4v) is 2.98. The van der Waals surface area contributed by atoms with Gasteiger partial charge >= 0.3 is 6.18 Å². The highest BCUT2D eigenvalue weighted by atomic mass is 35.5. The maximum absolute atomic E-state index is 13.2. The molecule has 4 rings (SSSR count). The number of alkyl halides is 3. The second kappa shape index (κ2) is 7.59. The SMILES string of the molecule is FC(F)(F)c1ccccc1CNc1nc(Nc2ccc3cn[nH]c3c2)ncc1Cl. The Bertz CT molecular complexity index is 1160. The van der Waals surface area contributed by atoms with Crippen molar-refractivity contribution in [1.82, 2.24) is 20.2 Å². The first-order chi connectivity index (χ1) is 13.9. The summed E-state index contributed by atoms with van der Waals surface area (Å²) in [4.78, 5) is 8.38. The van der Waals surface area contributed by atoms with Crippen molar-refractivity contribution in [3.63, 3.8) is 0 Å². The zero-order valence-electron chi connectivity index (χ0n) is 14.8. The molecule has 0 saturated carbocycles. The lowest BCUT2D eigenvalue weighted by Gasteiger charge is -2.14. The summed E-state index contributed by atoms with van der Waals surface area (Å²) in [5, 5.41) is 13.9. The second-order valence-corrected chi connectivity index (χ2v) is 6.60. The third-order valence-electron chi connectivity index (χ3n) is 4.21. The number of H-pyrrole nitrogens is 1. The fraction of sp³-hybridized carbons (Fsp3) is 0.105. The van der Waals surface area contributed by atoms with Gasteiger partial charge in [-0.25, -0.2) is 4.98 Å². The van der Waals surface area contributed by atoms with Crippen LogP contribution in [0, 0.1) is 0 Å². The lowest BCUT2D eigenvalue weighted by Crippen LogP contribution is -2.12. The summed E-state index contributed by atoms with van der Waals surface area (Å²) in [7, 11) is 0. The van der Waals surface area contributed by atoms with Crippen LogP contribution in [0.5, 0.6) is 0 Å². The lowest BCUT2D eigenvalue weighted by molar-refractivity contribution is -0.138. The quantitative estimate of drug-likeness (QED) is 0.405. The van der Waals surface area contributed by atoms with E-state index >= 15 is 0 Å². The van der Waals surface area contributed by atoms with Crippen LogP contribution in [0.1, 0.15) is 11.1 Å². The number of aromatic nitrogens is 4. The van der Waals surface area contributed by atoms with Crippen molar-refractivity contribution in [3.8, 4) is 0 Å². The van der Waals surface area contributed by atoms with E-state index in [1.807, 2.05) is 18.2 Å². The number of rotatable bonds is 5. The van der Waals surface area contributed by atoms with E-state index in [1.54, 1.807) is 12.3 Å². The van der Waals surface area contributed by atoms with Gasteiger partial charge in [0.05, 0.1) is 23.5 Å². The van der Waals surface area contributed by atoms with E-state index in [0.29, 0.717) is 0 Å². The molecule has 4 aromatic rings. The van der Waals surface area contributed by atoms with Crippen molar-refractivity contribution in [2.45, 2.75) is 12.7 Å². The molecule has 0 bridgehead atoms. The normalized spacial score (nSPS) is 11.6. The Balaban J connectivity index is 1.53. The molecule has 0 aliphatic heterocycles. The molecule has 148 valence electrons. The third-order valence-corrected chi connectivity index (χ3v) is 4.49. The van der Waals surface area contributed by atoms with Gasteiger partial charge in [0.15, 0.2) is 5.82 Å². The predicted molar refractivity (Wildman–Crippen MR) is 105 cm³/mol. The van der Waals surface area contributed by atoms with Crippen molar-refractivity contribution in [1.29, 1.82) is 0 Å². The zero-order valence-corrected chi connectivity index (χ0v) is 15.5. The van der Waals surface area contributed by atoms with Crippen LogP contribution < -0.4 is 10.6 Å². The highest BCUT2D eigenvalue weighted by molar-refractivity contribution is 6.32. The highest BCUT2D eigenvalue weighted by Crippen LogP contribution is 2.32. The monoisotopic (exact) mass is 418 g/mol. The molecule has 0 unspecified atom stereocenters. The van der Waals surface area contributed by atoms with Crippen LogP contribution in [-0.2, 0) is 12.7 Å². The number of nitrogens with one attached hydrogen (secondary N) is 3. The maximum Gasteiger partial charge on any atom is 0.416 e. The molecular weight excluding hydrogens is 405 g/mol. The smallest absolute Gasteiger partial charge is 0.365 e. The number of fused-ring (bicyclic) bond motifs is 1. The van der Waals surface area contributed by atoms with Crippen LogP contribution >= 0.6 is 11.6 Å². The number of aromatic amines is 1. The highest BCUT2D eigenvalue weighted by Gasteiger charge is 2.32. The van der Waals surface area contributed by atoms with Crippen LogP contribution in [0.3, 0.4) is 0 Å². The van der Waals surface area contributed by atoms with Crippen LogP contribution in [0.2, 0.25) is 5.02 Å². The minimum absolute atomic E-state index is 0.0913. The Morgan fingerprint density at radius 3 is 2.72 bits per heavy atom. The zero-order chi connectivity index (χ0) is 20.4. The van der Waals surface area contributed by atoms with Gasteiger partial charge in [0.25, 0.3) is 0 Å². The molecule has 0 fully saturated rings. The second-order valence-electron chi connectivity index (χ2n) is 6.20. The van der Waals surface area contributed by atoms with Crippen LogP contribution in [0.4, 0.5) is 30.6 Å². The first kappa shape index (κ1) is 19.0. The molecule has 0 spiro atoms. The summed E-state index contributed by atoms with van der Waals surface area (Å²) in [5.41, 5.74) is 0.946. The average molecular weight is 419 g/mol. The minimum Gasteiger partial charge on any atom is -0.365 e. The molecule has 6 nitrogen and oxygen atoms in total. The van der Waals surface area contributed by atoms with Gasteiger partial charge in [-0.15, -0.1) is 0 Å². The summed E-state index contributed by atoms with van der Waals surface area (Å²) in [5.74, 6) is 0.476. The van der Waals surface area contributed by atoms with Crippen molar-refractivity contribution < 1.29 is 13.2 Å². The Hall–Kier alpha value is -3.33. The van der Waals surface area contributed by atoms with Gasteiger partial charge in [0.1, 0.15) is 5.02 Å². The van der Waals surface area contributed by atoms with Crippen molar-refractivity contribution >= 4 is 40.0 Å². The minimum atomic E-state index is -4.44. The molecule has 2 aromatic heterocycles. The number of halogens is 4. The van der Waals surface area contributed by atoms with E-state index in [1.165, 1.54) is 18.3 Å². The lowest BCUT2D eigenvalue weighted by atomic mass is 10.1. The molecule has 0 atom stereocenters. The van der Waals surface area contributed by atoms with E-state index in [0.717, 1.165) is 22.7 Å². The topological polar surface area (TPSA) is 78.5 Å². The van der Waals surface area contributed by atoms with E-state index in [2.05, 4.69) is 30.8 Å². The molecule has 3 N–H and O–H groups in total. The van der Waals surface area contributed by atoms with E-state index in [9.17, 15) is 13.2 Å². The number of benzene rings is 2. The van der Waals surface area contributed by atoms with Crippen molar-refractivity contribution in [2.75, 3.05) is 10.6 Å². The summed E-state index contributed by atoms with van der Waals surface area (Å²) in [6.45, 7) is -0.0913. The molecule has 29 heavy (non-hydrogen) atoms. The van der Waals surface area contributed by atoms with E-state index in [-0.39, 0.29) is 28.9 Å². The first-order valence-electron chi connectivity index (χ1n) is 8.52. The van der Waals surface area contributed by atoms with Crippen LogP contribution in [0.25, 0.3) is 10.9 Å². The Morgan fingerprint density at radius 2 is 1.90 bits per heavy atom. The van der Waals surface area contributed by atoms with Gasteiger partial charge in [-0.2, -0.15) is 23.3 Å². The van der Waals surface area contributed by atoms with E-state index < -0.39 is 11.7 Å². The van der Waals surface area contributed by atoms with Crippen molar-refractivity contribution in [3.05, 3.63) is 71.0 Å². The van der Waals surface area contributed by atoms with Gasteiger partial charge in [-0.05, 0) is 29.8 Å². The maximum atomic E-state index is 13.2. The molecule has 0 aliphatic carbocycles. The van der Waals surface area contributed by atoms with Gasteiger partial charge < -0.3 is 10.6 Å². The third kappa shape index (κ3) is 4.24. The van der Waals surface area contributed by atoms with Crippen LogP contribution in [-0.4, -0.2) is 20.2 Å². The Morgan fingerprint density at radius 1 is 1.07 bits per heavy atom. The molecular formula is C19H14ClF3N6. The summed E-state index contributed by atoms with van der Waals surface area (Å²) in [6.07, 6.45) is -1.35. The number of anilines is 3. The van der Waals surface area contributed by atoms with E-state index in [4.69, 9.17) is 11.6 Å². The number of hydrogen-bond acceptors (Lipinski definition) is 5. The molecule has 0 saturated heterocycles. The number of hydrogen-bond donors (Lipinski definition) is 3. The van der Waals surface area contributed by atoms with Crippen LogP contribution in [0.15, 0.2) is 54.9 Å². The Kier molecular flexibility index (Phi) is 4.98. The van der Waals surface area contributed by atoms with Gasteiger partial charge in [0.2, 0.25) is 5.95 Å².